The Hall–Kier alpha value is 1.07. The van der Waals surface area contributed by atoms with Gasteiger partial charge in [0, 0.05) is 6.04 Å². The molecule has 8 heavy (non-hydrogen) atoms. The zero-order chi connectivity index (χ0) is 5.28. The third-order valence-corrected chi connectivity index (χ3v) is 1.11. The van der Waals surface area contributed by atoms with Crippen molar-refractivity contribution in [3.63, 3.8) is 0 Å². The fourth-order valence-electron chi connectivity index (χ4n) is 0.490. The minimum Gasteiger partial charge on any atom is -0.548 e. The van der Waals surface area contributed by atoms with Gasteiger partial charge in [0.05, 0.1) is 5.97 Å². The summed E-state index contributed by atoms with van der Waals surface area (Å²) in [6.45, 7) is 0.818. The van der Waals surface area contributed by atoms with Crippen molar-refractivity contribution in [2.24, 2.45) is 0 Å². The average Bonchev–Trinajstić information content (AvgIpc) is 1.23. The molecule has 1 unspecified atom stereocenters. The van der Waals surface area contributed by atoms with E-state index in [9.17, 15) is 9.90 Å². The molecule has 0 radical (unpaired) electrons. The molecular weight excluding hydrogens is 133 g/mol. The first-order chi connectivity index (χ1) is 3.30. The Bertz CT molecular complexity index is 92.0. The molecule has 0 aromatic rings. The molecule has 1 atom stereocenters. The van der Waals surface area contributed by atoms with Gasteiger partial charge in [-0.05, 0) is 13.0 Å². The molecule has 1 heterocycles. The van der Waals surface area contributed by atoms with Crippen LogP contribution in [0.1, 0.15) is 6.42 Å². The smallest absolute Gasteiger partial charge is 0.548 e. The zero-order valence-electron chi connectivity index (χ0n) is 4.81. The van der Waals surface area contributed by atoms with Gasteiger partial charge in [-0.1, -0.05) is 0 Å². The van der Waals surface area contributed by atoms with E-state index in [1.54, 1.807) is 0 Å². The first-order valence-corrected chi connectivity index (χ1v) is 2.25. The van der Waals surface area contributed by atoms with Gasteiger partial charge in [0.2, 0.25) is 0 Å². The molecule has 0 aromatic heterocycles. The van der Waals surface area contributed by atoms with Crippen LogP contribution in [0.3, 0.4) is 0 Å². The van der Waals surface area contributed by atoms with Gasteiger partial charge >= 0.3 is 51.4 Å². The molecule has 0 saturated carbocycles. The molecular formula is C4H6KNO2. The van der Waals surface area contributed by atoms with E-state index in [0.29, 0.717) is 0 Å². The van der Waals surface area contributed by atoms with Crippen molar-refractivity contribution in [1.82, 2.24) is 5.32 Å². The number of carbonyl (C=O) groups is 1. The molecule has 0 bridgehead atoms. The molecule has 40 valence electrons. The standard InChI is InChI=1S/C4H7NO2.K/c6-4(7)3-1-2-5-3;/h3,5H,1-2H2,(H,6,7);/q;+1/p-1. The van der Waals surface area contributed by atoms with Crippen LogP contribution < -0.4 is 61.8 Å². The summed E-state index contributed by atoms with van der Waals surface area (Å²) in [4.78, 5) is 9.81. The van der Waals surface area contributed by atoms with Crippen LogP contribution in [0.5, 0.6) is 0 Å². The van der Waals surface area contributed by atoms with Crippen LogP contribution in [0.15, 0.2) is 0 Å². The molecule has 1 rings (SSSR count). The second-order valence-electron chi connectivity index (χ2n) is 1.61. The molecule has 0 aliphatic carbocycles. The Morgan fingerprint density at radius 2 is 2.25 bits per heavy atom. The Balaban J connectivity index is 0.000000490. The number of carbonyl (C=O) groups excluding carboxylic acids is 1. The number of hydrogen-bond acceptors (Lipinski definition) is 3. The van der Waals surface area contributed by atoms with Gasteiger partial charge in [0.25, 0.3) is 0 Å². The second-order valence-corrected chi connectivity index (χ2v) is 1.61. The topological polar surface area (TPSA) is 52.2 Å². The van der Waals surface area contributed by atoms with Crippen molar-refractivity contribution in [2.75, 3.05) is 6.54 Å². The van der Waals surface area contributed by atoms with Gasteiger partial charge < -0.3 is 15.2 Å². The molecule has 1 N–H and O–H groups in total. The van der Waals surface area contributed by atoms with Gasteiger partial charge in [0.15, 0.2) is 0 Å². The van der Waals surface area contributed by atoms with Crippen LogP contribution in [0.25, 0.3) is 0 Å². The zero-order valence-corrected chi connectivity index (χ0v) is 7.93. The van der Waals surface area contributed by atoms with Gasteiger partial charge in [0.1, 0.15) is 0 Å². The van der Waals surface area contributed by atoms with Gasteiger partial charge in [-0.3, -0.25) is 0 Å². The fraction of sp³-hybridized carbons (Fsp3) is 0.750. The van der Waals surface area contributed by atoms with Crippen molar-refractivity contribution in [2.45, 2.75) is 12.5 Å². The molecule has 1 saturated heterocycles. The van der Waals surface area contributed by atoms with Crippen LogP contribution in [-0.2, 0) is 4.79 Å². The average molecular weight is 139 g/mol. The van der Waals surface area contributed by atoms with Crippen LogP contribution >= 0.6 is 0 Å². The summed E-state index contributed by atoms with van der Waals surface area (Å²) >= 11 is 0. The number of rotatable bonds is 1. The molecule has 1 aliphatic rings. The van der Waals surface area contributed by atoms with Crippen molar-refractivity contribution < 1.29 is 61.3 Å². The maximum atomic E-state index is 9.81. The van der Waals surface area contributed by atoms with Crippen LogP contribution in [0.2, 0.25) is 0 Å². The third kappa shape index (κ3) is 2.12. The van der Waals surface area contributed by atoms with Gasteiger partial charge in [-0.2, -0.15) is 0 Å². The first-order valence-electron chi connectivity index (χ1n) is 2.25. The van der Waals surface area contributed by atoms with Crippen LogP contribution in [-0.4, -0.2) is 18.6 Å². The molecule has 1 fully saturated rings. The van der Waals surface area contributed by atoms with E-state index in [1.807, 2.05) is 0 Å². The Labute approximate surface area is 90.3 Å². The summed E-state index contributed by atoms with van der Waals surface area (Å²) in [5.74, 6) is -0.980. The van der Waals surface area contributed by atoms with E-state index < -0.39 is 5.97 Å². The normalized spacial score (nSPS) is 25.2. The van der Waals surface area contributed by atoms with E-state index in [0.717, 1.165) is 13.0 Å². The molecule has 1 aliphatic heterocycles. The maximum Gasteiger partial charge on any atom is 1.00 e. The summed E-state index contributed by atoms with van der Waals surface area (Å²) in [7, 11) is 0. The van der Waals surface area contributed by atoms with Crippen molar-refractivity contribution >= 4 is 5.97 Å². The number of hydrogen-bond donors (Lipinski definition) is 1. The maximum absolute atomic E-state index is 9.81. The molecule has 4 heteroatoms. The van der Waals surface area contributed by atoms with E-state index in [2.05, 4.69) is 5.32 Å². The third-order valence-electron chi connectivity index (χ3n) is 1.11. The Kier molecular flexibility index (Phi) is 4.50. The molecule has 0 aromatic carbocycles. The quantitative estimate of drug-likeness (QED) is 0.370. The van der Waals surface area contributed by atoms with Crippen molar-refractivity contribution in [1.29, 1.82) is 0 Å². The monoisotopic (exact) mass is 139 g/mol. The molecule has 3 nitrogen and oxygen atoms in total. The first kappa shape index (κ1) is 9.07. The predicted molar refractivity (Wildman–Crippen MR) is 21.4 cm³/mol. The van der Waals surface area contributed by atoms with Crippen molar-refractivity contribution in [3.8, 4) is 0 Å². The van der Waals surface area contributed by atoms with Gasteiger partial charge in [-0.15, -0.1) is 0 Å². The van der Waals surface area contributed by atoms with Crippen LogP contribution in [0.4, 0.5) is 0 Å². The van der Waals surface area contributed by atoms with Crippen molar-refractivity contribution in [3.05, 3.63) is 0 Å². The summed E-state index contributed by atoms with van der Waals surface area (Å²) in [5, 5.41) is 12.5. The van der Waals surface area contributed by atoms with E-state index in [4.69, 9.17) is 0 Å². The van der Waals surface area contributed by atoms with Crippen LogP contribution in [0, 0.1) is 0 Å². The summed E-state index contributed by atoms with van der Waals surface area (Å²) in [5.41, 5.74) is 0. The summed E-state index contributed by atoms with van der Waals surface area (Å²) in [6, 6.07) is -0.361. The second kappa shape index (κ2) is 3.97. The predicted octanol–water partition coefficient (Wildman–Crippen LogP) is -4.90. The minimum atomic E-state index is -0.980. The molecule has 0 amide bonds. The minimum absolute atomic E-state index is 0. The fourth-order valence-corrected chi connectivity index (χ4v) is 0.490. The molecule has 0 spiro atoms. The largest absolute Gasteiger partial charge is 1.00 e. The van der Waals surface area contributed by atoms with E-state index >= 15 is 0 Å². The van der Waals surface area contributed by atoms with E-state index in [1.165, 1.54) is 0 Å². The number of carboxylic acids is 1. The summed E-state index contributed by atoms with van der Waals surface area (Å²) < 4.78 is 0. The van der Waals surface area contributed by atoms with Gasteiger partial charge in [-0.25, -0.2) is 0 Å². The number of carboxylic acid groups (broad SMARTS) is 1. The Morgan fingerprint density at radius 1 is 1.75 bits per heavy atom. The summed E-state index contributed by atoms with van der Waals surface area (Å²) in [6.07, 6.45) is 0.725. The van der Waals surface area contributed by atoms with E-state index in [-0.39, 0.29) is 57.4 Å². The Morgan fingerprint density at radius 3 is 2.25 bits per heavy atom. The number of aliphatic carboxylic acids is 1. The number of nitrogens with one attached hydrogen (secondary N) is 1. The SMILES string of the molecule is O=C([O-])C1CCN1.[K+].